The number of nitrogens with zero attached hydrogens (tertiary/aromatic N) is 1. The van der Waals surface area contributed by atoms with Gasteiger partial charge in [0.25, 0.3) is 0 Å². The summed E-state index contributed by atoms with van der Waals surface area (Å²) in [4.78, 5) is 4.35. The third-order valence-electron chi connectivity index (χ3n) is 3.74. The molecule has 0 aliphatic heterocycles. The minimum absolute atomic E-state index is 0. The molecule has 112 valence electrons. The van der Waals surface area contributed by atoms with E-state index in [1.165, 1.54) is 44.9 Å². The number of nitrogens with two attached hydrogens (primary N) is 1. The third kappa shape index (κ3) is 7.97. The van der Waals surface area contributed by atoms with Crippen LogP contribution in [0.1, 0.15) is 51.4 Å². The molecule has 2 aliphatic rings. The molecule has 0 unspecified atom stereocenters. The first-order valence-corrected chi connectivity index (χ1v) is 7.49. The predicted octanol–water partition coefficient (Wildman–Crippen LogP) is 2.66. The van der Waals surface area contributed by atoms with Crippen LogP contribution in [0, 0.1) is 5.92 Å². The van der Waals surface area contributed by atoms with Crippen molar-refractivity contribution < 1.29 is 4.74 Å². The zero-order chi connectivity index (χ0) is 12.6. The highest BCUT2D eigenvalue weighted by molar-refractivity contribution is 14.0. The quantitative estimate of drug-likeness (QED) is 0.309. The average Bonchev–Trinajstić information content (AvgIpc) is 3.19. The van der Waals surface area contributed by atoms with Crippen molar-refractivity contribution in [2.45, 2.75) is 57.4 Å². The largest absolute Gasteiger partial charge is 0.381 e. The predicted molar refractivity (Wildman–Crippen MR) is 90.1 cm³/mol. The zero-order valence-corrected chi connectivity index (χ0v) is 14.1. The van der Waals surface area contributed by atoms with Gasteiger partial charge in [-0.1, -0.05) is 19.3 Å². The number of halogens is 1. The van der Waals surface area contributed by atoms with E-state index >= 15 is 0 Å². The van der Waals surface area contributed by atoms with Crippen molar-refractivity contribution in [3.8, 4) is 0 Å². The normalized spacial score (nSPS) is 20.9. The van der Waals surface area contributed by atoms with Crippen LogP contribution in [-0.4, -0.2) is 31.8 Å². The van der Waals surface area contributed by atoms with Gasteiger partial charge in [-0.25, -0.2) is 0 Å². The number of ether oxygens (including phenoxy) is 1. The standard InChI is InChI=1S/C14H27N3O.HI/c15-14(17-13-5-2-1-3-6-13)16-9-4-10-18-11-12-7-8-12;/h12-13H,1-11H2,(H3,15,16,17);1H. The van der Waals surface area contributed by atoms with Crippen LogP contribution in [0.4, 0.5) is 0 Å². The molecule has 4 nitrogen and oxygen atoms in total. The fourth-order valence-corrected chi connectivity index (χ4v) is 2.40. The lowest BCUT2D eigenvalue weighted by Crippen LogP contribution is -2.41. The Kier molecular flexibility index (Phi) is 8.77. The Balaban J connectivity index is 0.00000180. The van der Waals surface area contributed by atoms with Crippen LogP contribution in [0.25, 0.3) is 0 Å². The lowest BCUT2D eigenvalue weighted by atomic mass is 9.96. The molecule has 2 rings (SSSR count). The lowest BCUT2D eigenvalue weighted by molar-refractivity contribution is 0.123. The van der Waals surface area contributed by atoms with Gasteiger partial charge in [0.1, 0.15) is 0 Å². The van der Waals surface area contributed by atoms with Crippen molar-refractivity contribution in [2.24, 2.45) is 16.6 Å². The summed E-state index contributed by atoms with van der Waals surface area (Å²) in [6.07, 6.45) is 10.2. The van der Waals surface area contributed by atoms with Crippen molar-refractivity contribution in [1.82, 2.24) is 5.32 Å². The van der Waals surface area contributed by atoms with E-state index < -0.39 is 0 Å². The average molecular weight is 381 g/mol. The summed E-state index contributed by atoms with van der Waals surface area (Å²) in [5.41, 5.74) is 5.88. The second-order valence-corrected chi connectivity index (χ2v) is 5.62. The minimum Gasteiger partial charge on any atom is -0.381 e. The zero-order valence-electron chi connectivity index (χ0n) is 11.8. The molecule has 0 amide bonds. The lowest BCUT2D eigenvalue weighted by Gasteiger charge is -2.23. The highest BCUT2D eigenvalue weighted by atomic mass is 127. The number of nitrogens with one attached hydrogen (secondary N) is 1. The van der Waals surface area contributed by atoms with Gasteiger partial charge in [-0.15, -0.1) is 24.0 Å². The van der Waals surface area contributed by atoms with Crippen LogP contribution in [0.2, 0.25) is 0 Å². The summed E-state index contributed by atoms with van der Waals surface area (Å²) in [6.45, 7) is 2.53. The Hall–Kier alpha value is -0.0400. The first-order valence-electron chi connectivity index (χ1n) is 7.49. The monoisotopic (exact) mass is 381 g/mol. The number of hydrogen-bond donors (Lipinski definition) is 2. The maximum Gasteiger partial charge on any atom is 0.188 e. The van der Waals surface area contributed by atoms with E-state index in [9.17, 15) is 0 Å². The van der Waals surface area contributed by atoms with E-state index in [4.69, 9.17) is 10.5 Å². The van der Waals surface area contributed by atoms with E-state index in [0.717, 1.165) is 32.1 Å². The molecule has 0 spiro atoms. The van der Waals surface area contributed by atoms with Crippen molar-refractivity contribution in [1.29, 1.82) is 0 Å². The third-order valence-corrected chi connectivity index (χ3v) is 3.74. The SMILES string of the molecule is I.NC(=NCCCOCC1CC1)NC1CCCCC1. The van der Waals surface area contributed by atoms with Gasteiger partial charge in [0.05, 0.1) is 0 Å². The van der Waals surface area contributed by atoms with Gasteiger partial charge in [-0.05, 0) is 38.0 Å². The summed E-state index contributed by atoms with van der Waals surface area (Å²) in [6, 6.07) is 0.550. The molecule has 2 fully saturated rings. The van der Waals surface area contributed by atoms with Crippen LogP contribution < -0.4 is 11.1 Å². The Morgan fingerprint density at radius 1 is 1.16 bits per heavy atom. The van der Waals surface area contributed by atoms with Crippen molar-refractivity contribution in [3.63, 3.8) is 0 Å². The second kappa shape index (κ2) is 9.80. The van der Waals surface area contributed by atoms with E-state index in [2.05, 4.69) is 10.3 Å². The Bertz CT molecular complexity index is 263. The van der Waals surface area contributed by atoms with Gasteiger partial charge in [-0.2, -0.15) is 0 Å². The van der Waals surface area contributed by atoms with Gasteiger partial charge in [-0.3, -0.25) is 4.99 Å². The second-order valence-electron chi connectivity index (χ2n) is 5.62. The first kappa shape index (κ1) is 17.0. The summed E-state index contributed by atoms with van der Waals surface area (Å²) >= 11 is 0. The van der Waals surface area contributed by atoms with E-state index in [1.54, 1.807) is 0 Å². The van der Waals surface area contributed by atoms with E-state index in [-0.39, 0.29) is 24.0 Å². The van der Waals surface area contributed by atoms with Gasteiger partial charge in [0, 0.05) is 25.8 Å². The van der Waals surface area contributed by atoms with Gasteiger partial charge < -0.3 is 15.8 Å². The molecular formula is C14H28IN3O. The molecule has 2 aliphatic carbocycles. The highest BCUT2D eigenvalue weighted by Gasteiger charge is 2.20. The van der Waals surface area contributed by atoms with Crippen LogP contribution in [0.3, 0.4) is 0 Å². The Morgan fingerprint density at radius 2 is 1.89 bits per heavy atom. The molecule has 0 saturated heterocycles. The molecule has 0 aromatic rings. The molecule has 2 saturated carbocycles. The summed E-state index contributed by atoms with van der Waals surface area (Å²) in [5, 5.41) is 3.32. The van der Waals surface area contributed by atoms with E-state index in [1.807, 2.05) is 0 Å². The van der Waals surface area contributed by atoms with Gasteiger partial charge in [0.15, 0.2) is 5.96 Å². The van der Waals surface area contributed by atoms with Crippen LogP contribution in [-0.2, 0) is 4.74 Å². The molecule has 5 heteroatoms. The Labute approximate surface area is 134 Å². The smallest absolute Gasteiger partial charge is 0.188 e. The Morgan fingerprint density at radius 3 is 2.58 bits per heavy atom. The fourth-order valence-electron chi connectivity index (χ4n) is 2.40. The molecule has 0 radical (unpaired) electrons. The minimum atomic E-state index is 0. The molecule has 0 heterocycles. The summed E-state index contributed by atoms with van der Waals surface area (Å²) in [5.74, 6) is 1.47. The van der Waals surface area contributed by atoms with Crippen LogP contribution in [0.15, 0.2) is 4.99 Å². The van der Waals surface area contributed by atoms with Crippen LogP contribution in [0.5, 0.6) is 0 Å². The number of rotatable bonds is 7. The molecule has 19 heavy (non-hydrogen) atoms. The first-order chi connectivity index (χ1) is 8.84. The number of aliphatic imine (C=N–C) groups is 1. The molecule has 0 bridgehead atoms. The highest BCUT2D eigenvalue weighted by Crippen LogP contribution is 2.28. The van der Waals surface area contributed by atoms with Gasteiger partial charge in [0.2, 0.25) is 0 Å². The topological polar surface area (TPSA) is 59.6 Å². The fraction of sp³-hybridized carbons (Fsp3) is 0.929. The number of guanidine groups is 1. The molecular weight excluding hydrogens is 353 g/mol. The van der Waals surface area contributed by atoms with Crippen LogP contribution >= 0.6 is 24.0 Å². The summed E-state index contributed by atoms with van der Waals surface area (Å²) < 4.78 is 5.56. The summed E-state index contributed by atoms with van der Waals surface area (Å²) in [7, 11) is 0. The molecule has 0 aromatic heterocycles. The number of hydrogen-bond acceptors (Lipinski definition) is 2. The van der Waals surface area contributed by atoms with Crippen molar-refractivity contribution in [2.75, 3.05) is 19.8 Å². The van der Waals surface area contributed by atoms with E-state index in [0.29, 0.717) is 12.0 Å². The maximum atomic E-state index is 5.88. The molecule has 0 atom stereocenters. The van der Waals surface area contributed by atoms with Gasteiger partial charge >= 0.3 is 0 Å². The van der Waals surface area contributed by atoms with Crippen molar-refractivity contribution in [3.05, 3.63) is 0 Å². The van der Waals surface area contributed by atoms with Crippen molar-refractivity contribution >= 4 is 29.9 Å². The molecule has 0 aromatic carbocycles. The maximum absolute atomic E-state index is 5.88. The molecule has 3 N–H and O–H groups in total.